The maximum absolute atomic E-state index is 9.01. The molecule has 0 unspecified atom stereocenters. The summed E-state index contributed by atoms with van der Waals surface area (Å²) < 4.78 is 2.47. The van der Waals surface area contributed by atoms with Crippen molar-refractivity contribution in [3.05, 3.63) is 33.6 Å². The van der Waals surface area contributed by atoms with E-state index in [9.17, 15) is 0 Å². The molecule has 2 aromatic rings. The van der Waals surface area contributed by atoms with Gasteiger partial charge >= 0.3 is 0 Å². The Morgan fingerprint density at radius 3 is 2.83 bits per heavy atom. The summed E-state index contributed by atoms with van der Waals surface area (Å²) in [5.41, 5.74) is 1.35. The summed E-state index contributed by atoms with van der Waals surface area (Å²) in [6, 6.07) is 6.32. The quantitative estimate of drug-likeness (QED) is 0.884. The van der Waals surface area contributed by atoms with Gasteiger partial charge < -0.3 is 5.11 Å². The summed E-state index contributed by atoms with van der Waals surface area (Å²) >= 11 is 5.36. The van der Waals surface area contributed by atoms with Crippen molar-refractivity contribution in [2.24, 2.45) is 0 Å². The molecular formula is C13H17BrClNOS. The SMILES string of the molecule is CCN(CCO)Cc1csc2c(Br)cccc12.Cl. The summed E-state index contributed by atoms with van der Waals surface area (Å²) in [5, 5.41) is 12.5. The lowest BCUT2D eigenvalue weighted by molar-refractivity contribution is 0.197. The second kappa shape index (κ2) is 7.46. The lowest BCUT2D eigenvalue weighted by Crippen LogP contribution is -2.25. The number of halogens is 2. The third-order valence-electron chi connectivity index (χ3n) is 2.89. The van der Waals surface area contributed by atoms with Crippen LogP contribution in [-0.4, -0.2) is 29.7 Å². The Bertz CT molecular complexity index is 503. The molecule has 0 saturated heterocycles. The Morgan fingerprint density at radius 2 is 2.17 bits per heavy atom. The van der Waals surface area contributed by atoms with Crippen molar-refractivity contribution in [3.8, 4) is 0 Å². The van der Waals surface area contributed by atoms with Crippen LogP contribution in [0, 0.1) is 0 Å². The molecule has 1 N–H and O–H groups in total. The van der Waals surface area contributed by atoms with Crippen LogP contribution in [-0.2, 0) is 6.54 Å². The Balaban J connectivity index is 0.00000162. The zero-order chi connectivity index (χ0) is 12.3. The second-order valence-corrected chi connectivity index (χ2v) is 5.70. The van der Waals surface area contributed by atoms with Gasteiger partial charge in [-0.05, 0) is 44.9 Å². The van der Waals surface area contributed by atoms with E-state index in [1.807, 2.05) is 0 Å². The van der Waals surface area contributed by atoms with Crippen LogP contribution in [0.5, 0.6) is 0 Å². The van der Waals surface area contributed by atoms with Crippen molar-refractivity contribution in [1.82, 2.24) is 4.90 Å². The monoisotopic (exact) mass is 349 g/mol. The fourth-order valence-corrected chi connectivity index (χ4v) is 3.54. The molecule has 0 aliphatic rings. The Labute approximate surface area is 126 Å². The molecule has 2 rings (SSSR count). The van der Waals surface area contributed by atoms with Gasteiger partial charge in [-0.2, -0.15) is 0 Å². The standard InChI is InChI=1S/C13H16BrNOS.ClH/c1-2-15(6-7-16)8-10-9-17-13-11(10)4-3-5-12(13)14;/h3-5,9,16H,2,6-8H2,1H3;1H. The molecule has 100 valence electrons. The average Bonchev–Trinajstić information content (AvgIpc) is 2.73. The van der Waals surface area contributed by atoms with Crippen molar-refractivity contribution in [1.29, 1.82) is 0 Å². The van der Waals surface area contributed by atoms with Gasteiger partial charge in [0, 0.05) is 22.3 Å². The maximum Gasteiger partial charge on any atom is 0.0558 e. The normalized spacial score (nSPS) is 10.9. The van der Waals surface area contributed by atoms with Gasteiger partial charge in [0.15, 0.2) is 0 Å². The van der Waals surface area contributed by atoms with E-state index in [-0.39, 0.29) is 19.0 Å². The fraction of sp³-hybridized carbons (Fsp3) is 0.385. The number of aliphatic hydroxyl groups excluding tert-OH is 1. The summed E-state index contributed by atoms with van der Waals surface area (Å²) in [6.07, 6.45) is 0. The Hall–Kier alpha value is -0.130. The molecule has 0 aliphatic carbocycles. The van der Waals surface area contributed by atoms with E-state index in [1.165, 1.54) is 15.6 Å². The van der Waals surface area contributed by atoms with Crippen LogP contribution < -0.4 is 0 Å². The molecule has 0 bridgehead atoms. The first-order valence-electron chi connectivity index (χ1n) is 5.74. The number of benzene rings is 1. The van der Waals surface area contributed by atoms with E-state index in [0.29, 0.717) is 0 Å². The molecule has 0 fully saturated rings. The van der Waals surface area contributed by atoms with E-state index in [2.05, 4.69) is 51.3 Å². The molecule has 0 amide bonds. The number of rotatable bonds is 5. The third kappa shape index (κ3) is 3.45. The van der Waals surface area contributed by atoms with Crippen LogP contribution in [0.2, 0.25) is 0 Å². The van der Waals surface area contributed by atoms with E-state index in [0.717, 1.165) is 24.1 Å². The van der Waals surface area contributed by atoms with Gasteiger partial charge in [0.05, 0.1) is 6.61 Å². The van der Waals surface area contributed by atoms with Crippen LogP contribution in [0.25, 0.3) is 10.1 Å². The van der Waals surface area contributed by atoms with Gasteiger partial charge in [0.25, 0.3) is 0 Å². The summed E-state index contributed by atoms with van der Waals surface area (Å²) in [5.74, 6) is 0. The van der Waals surface area contributed by atoms with Crippen LogP contribution in [0.4, 0.5) is 0 Å². The first-order valence-corrected chi connectivity index (χ1v) is 7.41. The lowest BCUT2D eigenvalue weighted by atomic mass is 10.1. The van der Waals surface area contributed by atoms with Gasteiger partial charge in [0.2, 0.25) is 0 Å². The number of aliphatic hydroxyl groups is 1. The molecule has 0 radical (unpaired) electrons. The number of hydrogen-bond donors (Lipinski definition) is 1. The van der Waals surface area contributed by atoms with Crippen LogP contribution in [0.3, 0.4) is 0 Å². The molecule has 0 spiro atoms. The highest BCUT2D eigenvalue weighted by Gasteiger charge is 2.09. The van der Waals surface area contributed by atoms with Gasteiger partial charge in [-0.1, -0.05) is 19.1 Å². The smallest absolute Gasteiger partial charge is 0.0558 e. The van der Waals surface area contributed by atoms with E-state index < -0.39 is 0 Å². The highest BCUT2D eigenvalue weighted by Crippen LogP contribution is 2.32. The molecule has 0 saturated carbocycles. The number of hydrogen-bond acceptors (Lipinski definition) is 3. The molecule has 1 heterocycles. The molecule has 5 heteroatoms. The van der Waals surface area contributed by atoms with Crippen LogP contribution in [0.15, 0.2) is 28.1 Å². The van der Waals surface area contributed by atoms with E-state index in [4.69, 9.17) is 5.11 Å². The highest BCUT2D eigenvalue weighted by atomic mass is 79.9. The molecule has 18 heavy (non-hydrogen) atoms. The molecular weight excluding hydrogens is 334 g/mol. The maximum atomic E-state index is 9.01. The third-order valence-corrected chi connectivity index (χ3v) is 4.89. The van der Waals surface area contributed by atoms with Gasteiger partial charge in [0.1, 0.15) is 0 Å². The second-order valence-electron chi connectivity index (χ2n) is 3.97. The Kier molecular flexibility index (Phi) is 6.60. The van der Waals surface area contributed by atoms with Crippen molar-refractivity contribution < 1.29 is 5.11 Å². The Morgan fingerprint density at radius 1 is 1.39 bits per heavy atom. The van der Waals surface area contributed by atoms with Crippen LogP contribution >= 0.6 is 39.7 Å². The molecule has 2 nitrogen and oxygen atoms in total. The number of nitrogens with zero attached hydrogens (tertiary/aromatic N) is 1. The number of likely N-dealkylation sites (N-methyl/N-ethyl adjacent to an activating group) is 1. The van der Waals surface area contributed by atoms with E-state index >= 15 is 0 Å². The largest absolute Gasteiger partial charge is 0.395 e. The number of thiophene rings is 1. The number of fused-ring (bicyclic) bond motifs is 1. The van der Waals surface area contributed by atoms with Crippen molar-refractivity contribution >= 4 is 49.8 Å². The highest BCUT2D eigenvalue weighted by molar-refractivity contribution is 9.10. The minimum absolute atomic E-state index is 0. The summed E-state index contributed by atoms with van der Waals surface area (Å²) in [4.78, 5) is 2.25. The summed E-state index contributed by atoms with van der Waals surface area (Å²) in [6.45, 7) is 4.96. The fourth-order valence-electron chi connectivity index (χ4n) is 1.93. The molecule has 1 aromatic carbocycles. The van der Waals surface area contributed by atoms with Crippen LogP contribution in [0.1, 0.15) is 12.5 Å². The van der Waals surface area contributed by atoms with Gasteiger partial charge in [-0.15, -0.1) is 23.7 Å². The first kappa shape index (κ1) is 15.9. The molecule has 0 aliphatic heterocycles. The topological polar surface area (TPSA) is 23.5 Å². The predicted octanol–water partition coefficient (Wildman–Crippen LogP) is 3.90. The zero-order valence-electron chi connectivity index (χ0n) is 10.2. The minimum atomic E-state index is 0. The van der Waals surface area contributed by atoms with Crippen molar-refractivity contribution in [2.45, 2.75) is 13.5 Å². The lowest BCUT2D eigenvalue weighted by Gasteiger charge is -2.18. The summed E-state index contributed by atoms with van der Waals surface area (Å²) in [7, 11) is 0. The first-order chi connectivity index (χ1) is 8.26. The molecule has 1 aromatic heterocycles. The predicted molar refractivity (Wildman–Crippen MR) is 84.8 cm³/mol. The zero-order valence-corrected chi connectivity index (χ0v) is 13.4. The molecule has 0 atom stereocenters. The van der Waals surface area contributed by atoms with Crippen molar-refractivity contribution in [2.75, 3.05) is 19.7 Å². The average molecular weight is 351 g/mol. The minimum Gasteiger partial charge on any atom is -0.395 e. The van der Waals surface area contributed by atoms with E-state index in [1.54, 1.807) is 11.3 Å². The van der Waals surface area contributed by atoms with Crippen molar-refractivity contribution in [3.63, 3.8) is 0 Å². The van der Waals surface area contributed by atoms with Gasteiger partial charge in [-0.25, -0.2) is 0 Å². The van der Waals surface area contributed by atoms with Gasteiger partial charge in [-0.3, -0.25) is 4.90 Å².